The summed E-state index contributed by atoms with van der Waals surface area (Å²) in [7, 11) is 0. The highest BCUT2D eigenvalue weighted by molar-refractivity contribution is 5.22. The highest BCUT2D eigenvalue weighted by Crippen LogP contribution is 2.05. The Morgan fingerprint density at radius 1 is 1.13 bits per heavy atom. The van der Waals surface area contributed by atoms with Crippen LogP contribution in [0.4, 0.5) is 0 Å². The third-order valence-electron chi connectivity index (χ3n) is 2.85. The van der Waals surface area contributed by atoms with Gasteiger partial charge in [-0.1, -0.05) is 31.2 Å². The number of nitrogens with two attached hydrogens (primary N) is 1. The average Bonchev–Trinajstić information content (AvgIpc) is 2.26. The van der Waals surface area contributed by atoms with Gasteiger partial charge in [-0.05, 0) is 31.4 Å². The van der Waals surface area contributed by atoms with Crippen LogP contribution >= 0.6 is 0 Å². The van der Waals surface area contributed by atoms with E-state index in [0.717, 1.165) is 13.0 Å². The number of hydrogen-bond acceptors (Lipinski definition) is 2. The fourth-order valence-electron chi connectivity index (χ4n) is 1.36. The molecule has 0 bridgehead atoms. The fraction of sp³-hybridized carbons (Fsp3) is 0.538. The van der Waals surface area contributed by atoms with E-state index in [1.54, 1.807) is 0 Å². The van der Waals surface area contributed by atoms with E-state index in [4.69, 9.17) is 5.73 Å². The van der Waals surface area contributed by atoms with Crippen molar-refractivity contribution in [3.63, 3.8) is 0 Å². The van der Waals surface area contributed by atoms with Crippen molar-refractivity contribution in [2.45, 2.75) is 45.8 Å². The lowest BCUT2D eigenvalue weighted by atomic mass is 10.1. The lowest BCUT2D eigenvalue weighted by Crippen LogP contribution is -2.40. The van der Waals surface area contributed by atoms with Crippen molar-refractivity contribution < 1.29 is 0 Å². The van der Waals surface area contributed by atoms with Crippen molar-refractivity contribution in [2.24, 2.45) is 5.73 Å². The molecule has 0 aliphatic rings. The standard InChI is InChI=1S/C13H22N2/c1-4-12-5-7-13(8-6-12)9-15-11(3)10(2)14/h5-8,10-11,15H,4,9,14H2,1-3H3. The predicted molar refractivity (Wildman–Crippen MR) is 65.8 cm³/mol. The lowest BCUT2D eigenvalue weighted by molar-refractivity contribution is 0.478. The number of rotatable bonds is 5. The maximum absolute atomic E-state index is 5.78. The van der Waals surface area contributed by atoms with Crippen LogP contribution in [0.2, 0.25) is 0 Å². The third kappa shape index (κ3) is 4.02. The Balaban J connectivity index is 2.44. The Morgan fingerprint density at radius 2 is 1.67 bits per heavy atom. The maximum atomic E-state index is 5.78. The quantitative estimate of drug-likeness (QED) is 0.774. The topological polar surface area (TPSA) is 38.0 Å². The van der Waals surface area contributed by atoms with E-state index in [1.165, 1.54) is 11.1 Å². The minimum Gasteiger partial charge on any atom is -0.327 e. The molecule has 15 heavy (non-hydrogen) atoms. The summed E-state index contributed by atoms with van der Waals surface area (Å²) in [6.07, 6.45) is 1.10. The zero-order valence-electron chi connectivity index (χ0n) is 9.96. The van der Waals surface area contributed by atoms with E-state index in [-0.39, 0.29) is 6.04 Å². The molecule has 1 aromatic carbocycles. The zero-order chi connectivity index (χ0) is 11.3. The van der Waals surface area contributed by atoms with Gasteiger partial charge in [0.25, 0.3) is 0 Å². The van der Waals surface area contributed by atoms with Crippen LogP contribution in [0.5, 0.6) is 0 Å². The smallest absolute Gasteiger partial charge is 0.0208 e. The van der Waals surface area contributed by atoms with Gasteiger partial charge < -0.3 is 11.1 Å². The van der Waals surface area contributed by atoms with Crippen molar-refractivity contribution in [1.29, 1.82) is 0 Å². The first kappa shape index (κ1) is 12.2. The van der Waals surface area contributed by atoms with Gasteiger partial charge in [0.15, 0.2) is 0 Å². The molecule has 0 spiro atoms. The Morgan fingerprint density at radius 3 is 2.13 bits per heavy atom. The van der Waals surface area contributed by atoms with Crippen LogP contribution in [0.25, 0.3) is 0 Å². The van der Waals surface area contributed by atoms with Gasteiger partial charge in [-0.2, -0.15) is 0 Å². The Hall–Kier alpha value is -0.860. The summed E-state index contributed by atoms with van der Waals surface area (Å²) >= 11 is 0. The second kappa shape index (κ2) is 5.89. The van der Waals surface area contributed by atoms with Crippen LogP contribution in [0.1, 0.15) is 31.9 Å². The second-order valence-corrected chi connectivity index (χ2v) is 4.20. The Kier molecular flexibility index (Phi) is 4.79. The molecule has 0 aromatic heterocycles. The number of hydrogen-bond donors (Lipinski definition) is 2. The molecule has 84 valence electrons. The van der Waals surface area contributed by atoms with Gasteiger partial charge >= 0.3 is 0 Å². The molecule has 2 unspecified atom stereocenters. The summed E-state index contributed by atoms with van der Waals surface area (Å²) < 4.78 is 0. The van der Waals surface area contributed by atoms with E-state index in [1.807, 2.05) is 6.92 Å². The van der Waals surface area contributed by atoms with Gasteiger partial charge in [-0.25, -0.2) is 0 Å². The number of nitrogens with one attached hydrogen (secondary N) is 1. The molecule has 0 amide bonds. The summed E-state index contributed by atoms with van der Waals surface area (Å²) in [5.41, 5.74) is 8.49. The molecule has 0 fully saturated rings. The van der Waals surface area contributed by atoms with Gasteiger partial charge in [0.05, 0.1) is 0 Å². The zero-order valence-corrected chi connectivity index (χ0v) is 9.96. The molecule has 0 heterocycles. The van der Waals surface area contributed by atoms with Crippen molar-refractivity contribution in [3.05, 3.63) is 35.4 Å². The summed E-state index contributed by atoms with van der Waals surface area (Å²) in [4.78, 5) is 0. The SMILES string of the molecule is CCc1ccc(CNC(C)C(C)N)cc1. The van der Waals surface area contributed by atoms with Crippen LogP contribution in [0, 0.1) is 0 Å². The molecule has 2 heteroatoms. The first-order valence-electron chi connectivity index (χ1n) is 5.70. The average molecular weight is 206 g/mol. The van der Waals surface area contributed by atoms with Gasteiger partial charge in [0.1, 0.15) is 0 Å². The molecule has 1 aromatic rings. The fourth-order valence-corrected chi connectivity index (χ4v) is 1.36. The van der Waals surface area contributed by atoms with Crippen LogP contribution in [-0.4, -0.2) is 12.1 Å². The van der Waals surface area contributed by atoms with Gasteiger partial charge in [-0.3, -0.25) is 0 Å². The molecule has 0 saturated carbocycles. The highest BCUT2D eigenvalue weighted by atomic mass is 14.9. The molecule has 0 aliphatic carbocycles. The molecule has 2 atom stereocenters. The van der Waals surface area contributed by atoms with E-state index in [0.29, 0.717) is 6.04 Å². The van der Waals surface area contributed by atoms with Crippen LogP contribution < -0.4 is 11.1 Å². The van der Waals surface area contributed by atoms with E-state index in [9.17, 15) is 0 Å². The normalized spacial score (nSPS) is 14.9. The van der Waals surface area contributed by atoms with Gasteiger partial charge in [-0.15, -0.1) is 0 Å². The van der Waals surface area contributed by atoms with Crippen molar-refractivity contribution in [1.82, 2.24) is 5.32 Å². The van der Waals surface area contributed by atoms with Crippen LogP contribution in [0.15, 0.2) is 24.3 Å². The molecule has 0 aliphatic heterocycles. The minimum atomic E-state index is 0.194. The monoisotopic (exact) mass is 206 g/mol. The van der Waals surface area contributed by atoms with Crippen molar-refractivity contribution >= 4 is 0 Å². The van der Waals surface area contributed by atoms with E-state index >= 15 is 0 Å². The van der Waals surface area contributed by atoms with Crippen molar-refractivity contribution in [2.75, 3.05) is 0 Å². The highest BCUT2D eigenvalue weighted by Gasteiger charge is 2.05. The molecule has 0 radical (unpaired) electrons. The van der Waals surface area contributed by atoms with Crippen molar-refractivity contribution in [3.8, 4) is 0 Å². The minimum absolute atomic E-state index is 0.194. The van der Waals surface area contributed by atoms with Crippen LogP contribution in [-0.2, 0) is 13.0 Å². The van der Waals surface area contributed by atoms with Crippen LogP contribution in [0.3, 0.4) is 0 Å². The maximum Gasteiger partial charge on any atom is 0.0208 e. The van der Waals surface area contributed by atoms with E-state index < -0.39 is 0 Å². The number of aryl methyl sites for hydroxylation is 1. The Bertz CT molecular complexity index is 277. The summed E-state index contributed by atoms with van der Waals surface area (Å²) in [6, 6.07) is 9.29. The molecule has 1 rings (SSSR count). The third-order valence-corrected chi connectivity index (χ3v) is 2.85. The lowest BCUT2D eigenvalue weighted by Gasteiger charge is -2.17. The van der Waals surface area contributed by atoms with Gasteiger partial charge in [0, 0.05) is 18.6 Å². The first-order valence-corrected chi connectivity index (χ1v) is 5.70. The summed E-state index contributed by atoms with van der Waals surface area (Å²) in [6.45, 7) is 7.21. The predicted octanol–water partition coefficient (Wildman–Crippen LogP) is 2.07. The second-order valence-electron chi connectivity index (χ2n) is 4.20. The number of benzene rings is 1. The summed E-state index contributed by atoms with van der Waals surface area (Å²) in [5.74, 6) is 0. The molecule has 2 nitrogen and oxygen atoms in total. The molecular formula is C13H22N2. The molecular weight excluding hydrogens is 184 g/mol. The van der Waals surface area contributed by atoms with Gasteiger partial charge in [0.2, 0.25) is 0 Å². The summed E-state index contributed by atoms with van der Waals surface area (Å²) in [5, 5.41) is 3.41. The largest absolute Gasteiger partial charge is 0.327 e. The van der Waals surface area contributed by atoms with E-state index in [2.05, 4.69) is 43.4 Å². The first-order chi connectivity index (χ1) is 7.13. The molecule has 0 saturated heterocycles. The molecule has 3 N–H and O–H groups in total. The Labute approximate surface area is 92.9 Å².